The maximum Gasteiger partial charge on any atom is 0.222 e. The summed E-state index contributed by atoms with van der Waals surface area (Å²) in [5.41, 5.74) is 16.6. The Kier molecular flexibility index (Phi) is 9.56. The van der Waals surface area contributed by atoms with Crippen molar-refractivity contribution in [2.75, 3.05) is 33.4 Å². The lowest BCUT2D eigenvalue weighted by atomic mass is 9.98. The zero-order valence-electron chi connectivity index (χ0n) is 27.6. The van der Waals surface area contributed by atoms with E-state index < -0.39 is 0 Å². The molecule has 0 atom stereocenters. The van der Waals surface area contributed by atoms with Crippen LogP contribution in [0.1, 0.15) is 84.2 Å². The van der Waals surface area contributed by atoms with Gasteiger partial charge < -0.3 is 24.7 Å². The SMILES string of the molecule is C=Cc1c(C)c2cc3nc(c(C)c4nc(cc5[nH]c(cc1[nH]2)c(C)c5CC)C(C)=C4)C(CCC(=O)N(C)CCOCCO)=C3C. The smallest absolute Gasteiger partial charge is 0.222 e. The third kappa shape index (κ3) is 6.30. The van der Waals surface area contributed by atoms with Crippen molar-refractivity contribution in [2.45, 2.75) is 60.8 Å². The van der Waals surface area contributed by atoms with Crippen LogP contribution >= 0.6 is 0 Å². The molecule has 2 aliphatic heterocycles. The number of H-pyrrole nitrogens is 2. The number of fused-ring (bicyclic) bond motifs is 8. The van der Waals surface area contributed by atoms with Gasteiger partial charge in [-0.3, -0.25) is 4.79 Å². The molecule has 8 bridgehead atoms. The molecule has 3 N–H and O–H groups in total. The van der Waals surface area contributed by atoms with E-state index in [1.54, 1.807) is 11.9 Å². The van der Waals surface area contributed by atoms with Crippen molar-refractivity contribution in [3.8, 4) is 0 Å². The Morgan fingerprint density at radius 1 is 0.956 bits per heavy atom. The third-order valence-corrected chi connectivity index (χ3v) is 9.14. The highest BCUT2D eigenvalue weighted by Gasteiger charge is 2.23. The first-order valence-electron chi connectivity index (χ1n) is 15.8. The second-order valence-corrected chi connectivity index (χ2v) is 12.0. The highest BCUT2D eigenvalue weighted by atomic mass is 16.5. The van der Waals surface area contributed by atoms with Gasteiger partial charge in [-0.05, 0) is 105 Å². The maximum atomic E-state index is 13.1. The Hall–Kier alpha value is -4.27. The first-order valence-corrected chi connectivity index (χ1v) is 15.8. The molecule has 0 saturated carbocycles. The van der Waals surface area contributed by atoms with Crippen LogP contribution in [0.25, 0.3) is 50.9 Å². The predicted octanol–water partition coefficient (Wildman–Crippen LogP) is 7.18. The first kappa shape index (κ1) is 32.1. The number of aromatic nitrogens is 4. The molecule has 0 saturated heterocycles. The van der Waals surface area contributed by atoms with Crippen LogP contribution in [-0.2, 0) is 16.0 Å². The fourth-order valence-corrected chi connectivity index (χ4v) is 6.26. The minimum atomic E-state index is -0.0288. The molecular formula is C37H45N5O3. The van der Waals surface area contributed by atoms with Crippen molar-refractivity contribution in [3.63, 3.8) is 0 Å². The molecule has 0 unspecified atom stereocenters. The number of aliphatic hydroxyl groups excluding tert-OH is 1. The number of aliphatic hydroxyl groups is 1. The summed E-state index contributed by atoms with van der Waals surface area (Å²) in [7, 11) is 1.79. The maximum absolute atomic E-state index is 13.1. The Bertz CT molecular complexity index is 1890. The summed E-state index contributed by atoms with van der Waals surface area (Å²) in [6.07, 6.45) is 5.86. The van der Waals surface area contributed by atoms with Gasteiger partial charge in [-0.15, -0.1) is 0 Å². The highest BCUT2D eigenvalue weighted by molar-refractivity contribution is 5.95. The molecule has 8 nitrogen and oxygen atoms in total. The number of nitrogens with zero attached hydrogens (tertiary/aromatic N) is 3. The lowest BCUT2D eigenvalue weighted by molar-refractivity contribution is -0.130. The lowest BCUT2D eigenvalue weighted by Crippen LogP contribution is -2.30. The standard InChI is InChI=1S/C37H45N5O3/c1-9-26-23(5)32-20-35-27(10-2)22(4)31(39-35)19-33-24(6)28(11-12-36(44)42(8)13-15-45-16-14-43)37(41-33)25(7)30-17-21(3)29(38-30)18-34(26)40-32/h10,17-20,39-40,43H,2,9,11-16H2,1,3-8H3. The molecule has 2 aliphatic rings. The molecule has 0 fully saturated rings. The second kappa shape index (κ2) is 13.4. The number of hydrogen-bond acceptors (Lipinski definition) is 5. The van der Waals surface area contributed by atoms with Crippen LogP contribution in [0.3, 0.4) is 0 Å². The number of nitrogens with one attached hydrogen (secondary N) is 2. The molecule has 1 amide bonds. The zero-order valence-corrected chi connectivity index (χ0v) is 27.6. The molecule has 5 heterocycles. The van der Waals surface area contributed by atoms with Crippen LogP contribution in [0.4, 0.5) is 0 Å². The number of allylic oxidation sites excluding steroid dienone is 3. The van der Waals surface area contributed by atoms with Crippen LogP contribution in [0.5, 0.6) is 0 Å². The van der Waals surface area contributed by atoms with Gasteiger partial charge in [-0.2, -0.15) is 0 Å². The number of carbonyl (C=O) groups excluding carboxylic acids is 1. The van der Waals surface area contributed by atoms with E-state index in [1.807, 2.05) is 6.08 Å². The van der Waals surface area contributed by atoms with Crippen LogP contribution in [0.2, 0.25) is 0 Å². The van der Waals surface area contributed by atoms with Gasteiger partial charge in [0, 0.05) is 53.2 Å². The summed E-state index contributed by atoms with van der Waals surface area (Å²) in [6.45, 7) is 18.0. The van der Waals surface area contributed by atoms with E-state index in [9.17, 15) is 4.79 Å². The van der Waals surface area contributed by atoms with Crippen LogP contribution in [0.15, 0.2) is 24.8 Å². The van der Waals surface area contributed by atoms with E-state index in [4.69, 9.17) is 19.8 Å². The third-order valence-electron chi connectivity index (χ3n) is 9.14. The number of ether oxygens (including phenoxy) is 1. The fourth-order valence-electron chi connectivity index (χ4n) is 6.26. The molecule has 0 spiro atoms. The average Bonchev–Trinajstić information content (AvgIpc) is 3.72. The molecule has 0 radical (unpaired) electrons. The number of hydrogen-bond donors (Lipinski definition) is 3. The van der Waals surface area contributed by atoms with E-state index in [-0.39, 0.29) is 19.1 Å². The summed E-state index contributed by atoms with van der Waals surface area (Å²) < 4.78 is 5.36. The van der Waals surface area contributed by atoms with Gasteiger partial charge in [0.25, 0.3) is 0 Å². The van der Waals surface area contributed by atoms with E-state index >= 15 is 0 Å². The molecule has 8 heteroatoms. The minimum Gasteiger partial charge on any atom is -0.394 e. The molecule has 236 valence electrons. The quantitative estimate of drug-likeness (QED) is 0.212. The lowest BCUT2D eigenvalue weighted by Gasteiger charge is -2.17. The zero-order chi connectivity index (χ0) is 32.4. The summed E-state index contributed by atoms with van der Waals surface area (Å²) in [4.78, 5) is 32.4. The molecule has 0 aliphatic carbocycles. The Morgan fingerprint density at radius 2 is 1.67 bits per heavy atom. The van der Waals surface area contributed by atoms with Gasteiger partial charge in [0.05, 0.1) is 42.6 Å². The van der Waals surface area contributed by atoms with Crippen LogP contribution in [-0.4, -0.2) is 69.3 Å². The fraction of sp³-hybridized carbons (Fsp3) is 0.378. The van der Waals surface area contributed by atoms with Crippen molar-refractivity contribution in [2.24, 2.45) is 0 Å². The molecule has 5 rings (SSSR count). The molecule has 45 heavy (non-hydrogen) atoms. The number of aromatic amines is 2. The number of amides is 1. The van der Waals surface area contributed by atoms with Crippen LogP contribution < -0.4 is 0 Å². The second-order valence-electron chi connectivity index (χ2n) is 12.0. The van der Waals surface area contributed by atoms with Crippen molar-refractivity contribution in [1.29, 1.82) is 0 Å². The van der Waals surface area contributed by atoms with Gasteiger partial charge in [-0.1, -0.05) is 19.6 Å². The largest absolute Gasteiger partial charge is 0.394 e. The monoisotopic (exact) mass is 607 g/mol. The minimum absolute atomic E-state index is 0.0288. The number of carbonyl (C=O) groups is 1. The molecule has 3 aromatic heterocycles. The van der Waals surface area contributed by atoms with Crippen molar-refractivity contribution < 1.29 is 14.6 Å². The molecular weight excluding hydrogens is 562 g/mol. The Balaban J connectivity index is 1.70. The van der Waals surface area contributed by atoms with E-state index in [1.165, 1.54) is 11.1 Å². The van der Waals surface area contributed by atoms with Gasteiger partial charge in [0.1, 0.15) is 0 Å². The highest BCUT2D eigenvalue weighted by Crippen LogP contribution is 2.37. The topological polar surface area (TPSA) is 107 Å². The summed E-state index contributed by atoms with van der Waals surface area (Å²) in [5, 5.41) is 8.94. The van der Waals surface area contributed by atoms with Crippen molar-refractivity contribution in [3.05, 3.63) is 75.4 Å². The summed E-state index contributed by atoms with van der Waals surface area (Å²) >= 11 is 0. The van der Waals surface area contributed by atoms with Gasteiger partial charge in [-0.25, -0.2) is 9.97 Å². The Labute approximate surface area is 265 Å². The van der Waals surface area contributed by atoms with E-state index in [0.29, 0.717) is 26.0 Å². The van der Waals surface area contributed by atoms with Gasteiger partial charge in [0.15, 0.2) is 0 Å². The van der Waals surface area contributed by atoms with E-state index in [0.717, 1.165) is 84.7 Å². The predicted molar refractivity (Wildman–Crippen MR) is 185 cm³/mol. The average molecular weight is 608 g/mol. The first-order chi connectivity index (χ1) is 21.6. The molecule has 0 aromatic carbocycles. The summed E-state index contributed by atoms with van der Waals surface area (Å²) in [5.74, 6) is 0.0399. The number of rotatable bonds is 10. The van der Waals surface area contributed by atoms with Crippen LogP contribution in [0, 0.1) is 20.8 Å². The van der Waals surface area contributed by atoms with E-state index in [2.05, 4.69) is 82.4 Å². The number of aryl methyl sites for hydroxylation is 3. The molecule has 3 aromatic rings. The van der Waals surface area contributed by atoms with Crippen molar-refractivity contribution in [1.82, 2.24) is 24.8 Å². The summed E-state index contributed by atoms with van der Waals surface area (Å²) in [6, 6.07) is 6.44. The number of likely N-dealkylation sites (N-methyl/N-ethyl adjacent to an activating group) is 1. The van der Waals surface area contributed by atoms with Gasteiger partial charge in [0.2, 0.25) is 5.91 Å². The Morgan fingerprint density at radius 3 is 2.38 bits per heavy atom. The van der Waals surface area contributed by atoms with Crippen molar-refractivity contribution >= 4 is 56.8 Å². The van der Waals surface area contributed by atoms with Gasteiger partial charge >= 0.3 is 0 Å². The normalized spacial score (nSPS) is 12.9.